The van der Waals surface area contributed by atoms with Crippen molar-refractivity contribution in [1.82, 2.24) is 50.4 Å². The van der Waals surface area contributed by atoms with Gasteiger partial charge in [0.2, 0.25) is 11.8 Å². The van der Waals surface area contributed by atoms with E-state index < -0.39 is 0 Å². The number of likely N-dealkylation sites (tertiary alicyclic amines) is 1. The second-order valence-electron chi connectivity index (χ2n) is 18.8. The average molecular weight is 867 g/mol. The molecule has 7 heterocycles. The molecule has 16 nitrogen and oxygen atoms in total. The van der Waals surface area contributed by atoms with Crippen LogP contribution in [0.15, 0.2) is 59.4 Å². The second-order valence-corrected chi connectivity index (χ2v) is 18.8. The third-order valence-corrected chi connectivity index (χ3v) is 13.3. The normalized spacial score (nSPS) is 17.6. The number of carbonyl (C=O) groups excluding carboxylic acids is 3. The molecule has 6 aromatic rings. The molecule has 0 bridgehead atoms. The minimum absolute atomic E-state index is 0.0219. The van der Waals surface area contributed by atoms with Gasteiger partial charge in [-0.05, 0) is 107 Å². The number of aryl methyl sites for hydroxylation is 2. The van der Waals surface area contributed by atoms with Crippen LogP contribution < -0.4 is 20.4 Å². The van der Waals surface area contributed by atoms with Crippen LogP contribution in [-0.2, 0) is 10.2 Å². The Labute approximate surface area is 373 Å². The van der Waals surface area contributed by atoms with Crippen LogP contribution in [0.2, 0.25) is 0 Å². The van der Waals surface area contributed by atoms with E-state index in [9.17, 15) is 14.4 Å². The molecule has 3 saturated heterocycles. The van der Waals surface area contributed by atoms with Crippen LogP contribution >= 0.6 is 0 Å². The fourth-order valence-corrected chi connectivity index (χ4v) is 9.72. The van der Waals surface area contributed by atoms with E-state index >= 15 is 0 Å². The van der Waals surface area contributed by atoms with Crippen molar-refractivity contribution < 1.29 is 18.9 Å². The fraction of sp³-hybridized carbons (Fsp3) is 0.458. The highest BCUT2D eigenvalue weighted by molar-refractivity contribution is 6.05. The average Bonchev–Trinajstić information content (AvgIpc) is 4.02. The third kappa shape index (κ3) is 8.62. The molecule has 0 aliphatic carbocycles. The quantitative estimate of drug-likeness (QED) is 0.123. The summed E-state index contributed by atoms with van der Waals surface area (Å²) >= 11 is 0. The molecule has 4 amide bonds. The first kappa shape index (κ1) is 42.9. The van der Waals surface area contributed by atoms with Gasteiger partial charge in [0.25, 0.3) is 11.7 Å². The Hall–Kier alpha value is -6.42. The molecule has 9 rings (SSSR count). The van der Waals surface area contributed by atoms with Gasteiger partial charge in [0.1, 0.15) is 12.0 Å². The Kier molecular flexibility index (Phi) is 11.6. The molecule has 3 fully saturated rings. The molecule has 64 heavy (non-hydrogen) atoms. The van der Waals surface area contributed by atoms with Crippen molar-refractivity contribution in [1.29, 1.82) is 0 Å². The number of H-pyrrole nitrogens is 1. The summed E-state index contributed by atoms with van der Waals surface area (Å²) in [7, 11) is 0. The number of benzene rings is 2. The van der Waals surface area contributed by atoms with Crippen LogP contribution in [0.4, 0.5) is 16.2 Å². The van der Waals surface area contributed by atoms with Gasteiger partial charge < -0.3 is 24.6 Å². The van der Waals surface area contributed by atoms with Crippen molar-refractivity contribution in [3.8, 4) is 22.5 Å². The number of aromatic nitrogens is 7. The summed E-state index contributed by atoms with van der Waals surface area (Å²) < 4.78 is 7.59. The van der Waals surface area contributed by atoms with Gasteiger partial charge in [0.05, 0.1) is 29.2 Å². The zero-order valence-corrected chi connectivity index (χ0v) is 37.9. The van der Waals surface area contributed by atoms with E-state index in [1.807, 2.05) is 58.9 Å². The summed E-state index contributed by atoms with van der Waals surface area (Å²) in [6.45, 7) is 19.8. The first-order valence-electron chi connectivity index (χ1n) is 22.5. The Morgan fingerprint density at radius 1 is 0.922 bits per heavy atom. The minimum atomic E-state index is -0.384. The number of urea groups is 1. The zero-order valence-electron chi connectivity index (χ0n) is 37.9. The minimum Gasteiger partial charge on any atom is -0.372 e. The van der Waals surface area contributed by atoms with E-state index in [1.165, 1.54) is 5.69 Å². The summed E-state index contributed by atoms with van der Waals surface area (Å²) in [6, 6.07) is 16.2. The molecule has 0 saturated carbocycles. The van der Waals surface area contributed by atoms with E-state index in [0.717, 1.165) is 120 Å². The van der Waals surface area contributed by atoms with Gasteiger partial charge in [-0.1, -0.05) is 38.1 Å². The number of hydrogen-bond donors (Lipinski definition) is 3. The van der Waals surface area contributed by atoms with Crippen LogP contribution in [-0.4, -0.2) is 96.9 Å². The van der Waals surface area contributed by atoms with Gasteiger partial charge in [-0.25, -0.2) is 14.8 Å². The SMILES string of the molecule is Cc1cc(-c2ncnc3[nH]c(-c4c(C)nn(C5CCN(CC6CCN(c7ccc(N8CCC(=O)NC8=O)cc7)CC6)CC5)c4C)cc23)ccc1C(C)NC(=O)c1noc(C(C)(C)C)n1. The van der Waals surface area contributed by atoms with Crippen molar-refractivity contribution >= 4 is 40.3 Å². The van der Waals surface area contributed by atoms with Crippen molar-refractivity contribution in [3.05, 3.63) is 89.1 Å². The maximum atomic E-state index is 13.0. The number of nitrogens with one attached hydrogen (secondary N) is 3. The molecule has 0 radical (unpaired) electrons. The molecule has 334 valence electrons. The van der Waals surface area contributed by atoms with Crippen molar-refractivity contribution in [3.63, 3.8) is 0 Å². The van der Waals surface area contributed by atoms with Gasteiger partial charge in [-0.3, -0.25) is 24.5 Å². The highest BCUT2D eigenvalue weighted by Crippen LogP contribution is 2.36. The molecule has 0 spiro atoms. The molecular formula is C48H58N12O4. The maximum Gasteiger partial charge on any atom is 0.328 e. The van der Waals surface area contributed by atoms with Gasteiger partial charge in [-0.2, -0.15) is 10.1 Å². The smallest absolute Gasteiger partial charge is 0.328 e. The van der Waals surface area contributed by atoms with Crippen molar-refractivity contribution in [2.75, 3.05) is 49.1 Å². The van der Waals surface area contributed by atoms with Crippen LogP contribution in [0.25, 0.3) is 33.5 Å². The lowest BCUT2D eigenvalue weighted by Crippen LogP contribution is -2.49. The monoisotopic (exact) mass is 866 g/mol. The van der Waals surface area contributed by atoms with E-state index in [4.69, 9.17) is 14.6 Å². The second kappa shape index (κ2) is 17.3. The van der Waals surface area contributed by atoms with Crippen molar-refractivity contribution in [2.45, 2.75) is 98.1 Å². The standard InChI is InChI=1S/C48H58N12O4/c1-28-24-33(8-13-37(28)29(2)51-45(62)44-54-46(64-56-44)48(5,6)7)42-38-25-39(52-43(38)50-27-49-42)41-30(3)55-60(31(41)4)36-16-19-57(20-17-36)26-32-14-21-58(22-15-32)34-9-11-35(12-10-34)59-23-18-40(61)53-47(59)63/h8-13,24-25,27,29,32,36H,14-23,26H2,1-7H3,(H,51,62)(H,49,50,52)(H,53,61,63). The number of aromatic amines is 1. The Balaban J connectivity index is 0.806. The summed E-state index contributed by atoms with van der Waals surface area (Å²) in [5.41, 5.74) is 10.4. The molecule has 1 atom stereocenters. The number of hydrogen-bond acceptors (Lipinski definition) is 11. The van der Waals surface area contributed by atoms with Crippen LogP contribution in [0.5, 0.6) is 0 Å². The fourth-order valence-electron chi connectivity index (χ4n) is 9.72. The summed E-state index contributed by atoms with van der Waals surface area (Å²) in [5, 5.41) is 15.4. The van der Waals surface area contributed by atoms with Crippen molar-refractivity contribution in [2.24, 2.45) is 5.92 Å². The predicted molar refractivity (Wildman–Crippen MR) is 245 cm³/mol. The van der Waals surface area contributed by atoms with E-state index in [2.05, 4.69) is 83.3 Å². The van der Waals surface area contributed by atoms with Gasteiger partial charge in [-0.15, -0.1) is 0 Å². The Morgan fingerprint density at radius 2 is 1.66 bits per heavy atom. The number of carbonyl (C=O) groups is 3. The topological polar surface area (TPSA) is 183 Å². The highest BCUT2D eigenvalue weighted by Gasteiger charge is 2.30. The maximum absolute atomic E-state index is 13.0. The van der Waals surface area contributed by atoms with E-state index in [0.29, 0.717) is 30.8 Å². The van der Waals surface area contributed by atoms with Crippen LogP contribution in [0, 0.1) is 26.7 Å². The zero-order chi connectivity index (χ0) is 44.9. The van der Waals surface area contributed by atoms with Gasteiger partial charge in [0.15, 0.2) is 0 Å². The Bertz CT molecular complexity index is 2690. The molecule has 1 unspecified atom stereocenters. The summed E-state index contributed by atoms with van der Waals surface area (Å²) in [4.78, 5) is 60.8. The largest absolute Gasteiger partial charge is 0.372 e. The number of fused-ring (bicyclic) bond motifs is 1. The lowest BCUT2D eigenvalue weighted by atomic mass is 9.94. The first-order valence-corrected chi connectivity index (χ1v) is 22.5. The molecule has 4 aromatic heterocycles. The summed E-state index contributed by atoms with van der Waals surface area (Å²) in [5.74, 6) is 0.504. The van der Waals surface area contributed by atoms with E-state index in [-0.39, 0.29) is 35.1 Å². The first-order chi connectivity index (χ1) is 30.7. The highest BCUT2D eigenvalue weighted by atomic mass is 16.5. The number of imide groups is 1. The number of rotatable bonds is 10. The Morgan fingerprint density at radius 3 is 2.34 bits per heavy atom. The van der Waals surface area contributed by atoms with Gasteiger partial charge >= 0.3 is 6.03 Å². The molecule has 2 aromatic carbocycles. The van der Waals surface area contributed by atoms with Gasteiger partial charge in [0, 0.05) is 84.7 Å². The summed E-state index contributed by atoms with van der Waals surface area (Å²) in [6.07, 6.45) is 6.35. The van der Waals surface area contributed by atoms with Crippen LogP contribution in [0.3, 0.4) is 0 Å². The predicted octanol–water partition coefficient (Wildman–Crippen LogP) is 7.58. The number of anilines is 2. The molecule has 3 aliphatic rings. The molecule has 3 aliphatic heterocycles. The number of amides is 4. The van der Waals surface area contributed by atoms with Crippen LogP contribution in [0.1, 0.15) is 111 Å². The lowest BCUT2D eigenvalue weighted by molar-refractivity contribution is -0.120. The third-order valence-electron chi connectivity index (χ3n) is 13.3. The molecule has 3 N–H and O–H groups in total. The molecular weight excluding hydrogens is 809 g/mol. The van der Waals surface area contributed by atoms with E-state index in [1.54, 1.807) is 11.2 Å². The number of nitrogens with zero attached hydrogens (tertiary/aromatic N) is 9. The molecule has 16 heteroatoms. The number of piperidine rings is 2. The lowest BCUT2D eigenvalue weighted by Gasteiger charge is -2.38.